The summed E-state index contributed by atoms with van der Waals surface area (Å²) in [7, 11) is 0. The number of ether oxygens (including phenoxy) is 1. The average Bonchev–Trinajstić information content (AvgIpc) is 2.98. The van der Waals surface area contributed by atoms with Crippen molar-refractivity contribution in [2.24, 2.45) is 0 Å². The van der Waals surface area contributed by atoms with Gasteiger partial charge in [0.25, 0.3) is 5.91 Å². The maximum Gasteiger partial charge on any atom is 0.261 e. The maximum absolute atomic E-state index is 12.3. The highest BCUT2D eigenvalue weighted by Gasteiger charge is 2.25. The Morgan fingerprint density at radius 1 is 1.26 bits per heavy atom. The number of nitrogens with one attached hydrogen (secondary N) is 1. The minimum Gasteiger partial charge on any atom is -0.481 e. The quantitative estimate of drug-likeness (QED) is 0.944. The van der Waals surface area contributed by atoms with E-state index in [4.69, 9.17) is 10.00 Å². The summed E-state index contributed by atoms with van der Waals surface area (Å²) in [5.74, 6) is 0.453. The van der Waals surface area contributed by atoms with E-state index in [2.05, 4.69) is 23.5 Å². The van der Waals surface area contributed by atoms with Crippen LogP contribution in [0, 0.1) is 11.3 Å². The first-order chi connectivity index (χ1) is 11.2. The van der Waals surface area contributed by atoms with Crippen LogP contribution in [0.25, 0.3) is 0 Å². The van der Waals surface area contributed by atoms with Crippen LogP contribution in [0.1, 0.15) is 36.1 Å². The predicted molar refractivity (Wildman–Crippen MR) is 86.9 cm³/mol. The lowest BCUT2D eigenvalue weighted by molar-refractivity contribution is -0.128. The van der Waals surface area contributed by atoms with Gasteiger partial charge in [-0.2, -0.15) is 5.26 Å². The van der Waals surface area contributed by atoms with Gasteiger partial charge in [0.15, 0.2) is 6.10 Å². The standard InChI is InChI=1S/C19H18N2O2/c1-13(23-16-9-6-14(12-20)7-10-16)19(22)21-18-11-8-15-4-2-3-5-17(15)18/h2-7,9-10,13,18H,8,11H2,1H3,(H,21,22)/t13-,18+/m0/s1. The van der Waals surface area contributed by atoms with Gasteiger partial charge in [0.1, 0.15) is 5.75 Å². The second-order valence-corrected chi connectivity index (χ2v) is 5.69. The number of carbonyl (C=O) groups excluding carboxylic acids is 1. The van der Waals surface area contributed by atoms with E-state index < -0.39 is 6.10 Å². The van der Waals surface area contributed by atoms with Crippen LogP contribution in [0.2, 0.25) is 0 Å². The summed E-state index contributed by atoms with van der Waals surface area (Å²) in [4.78, 5) is 12.3. The van der Waals surface area contributed by atoms with Crippen LogP contribution in [0.15, 0.2) is 48.5 Å². The molecule has 2 aromatic rings. The number of hydrogen-bond acceptors (Lipinski definition) is 3. The third-order valence-corrected chi connectivity index (χ3v) is 4.11. The Labute approximate surface area is 135 Å². The highest BCUT2D eigenvalue weighted by atomic mass is 16.5. The van der Waals surface area contributed by atoms with Crippen molar-refractivity contribution >= 4 is 5.91 Å². The van der Waals surface area contributed by atoms with Crippen LogP contribution >= 0.6 is 0 Å². The fourth-order valence-corrected chi connectivity index (χ4v) is 2.86. The molecule has 0 bridgehead atoms. The molecule has 0 saturated heterocycles. The van der Waals surface area contributed by atoms with Crippen LogP contribution in [0.3, 0.4) is 0 Å². The average molecular weight is 306 g/mol. The molecule has 0 spiro atoms. The summed E-state index contributed by atoms with van der Waals surface area (Å²) in [6, 6.07) is 17.1. The number of nitrogens with zero attached hydrogens (tertiary/aromatic N) is 1. The van der Waals surface area contributed by atoms with Gasteiger partial charge in [-0.1, -0.05) is 24.3 Å². The summed E-state index contributed by atoms with van der Waals surface area (Å²) in [5.41, 5.74) is 3.07. The first kappa shape index (κ1) is 15.1. The van der Waals surface area contributed by atoms with Crippen LogP contribution in [0.5, 0.6) is 5.75 Å². The van der Waals surface area contributed by atoms with E-state index in [0.29, 0.717) is 11.3 Å². The Morgan fingerprint density at radius 3 is 2.74 bits per heavy atom. The van der Waals surface area contributed by atoms with E-state index >= 15 is 0 Å². The van der Waals surface area contributed by atoms with Crippen molar-refractivity contribution in [3.8, 4) is 11.8 Å². The first-order valence-corrected chi connectivity index (χ1v) is 7.72. The van der Waals surface area contributed by atoms with Gasteiger partial charge in [-0.15, -0.1) is 0 Å². The van der Waals surface area contributed by atoms with Crippen molar-refractivity contribution in [3.63, 3.8) is 0 Å². The number of rotatable bonds is 4. The zero-order valence-corrected chi connectivity index (χ0v) is 13.0. The van der Waals surface area contributed by atoms with Crippen LogP contribution in [-0.4, -0.2) is 12.0 Å². The molecule has 0 fully saturated rings. The van der Waals surface area contributed by atoms with Gasteiger partial charge in [-0.3, -0.25) is 4.79 Å². The zero-order valence-electron chi connectivity index (χ0n) is 13.0. The zero-order chi connectivity index (χ0) is 16.2. The van der Waals surface area contributed by atoms with Gasteiger partial charge >= 0.3 is 0 Å². The molecule has 3 rings (SSSR count). The topological polar surface area (TPSA) is 62.1 Å². The molecule has 0 saturated carbocycles. The largest absolute Gasteiger partial charge is 0.481 e. The van der Waals surface area contributed by atoms with E-state index in [1.54, 1.807) is 31.2 Å². The number of aryl methyl sites for hydroxylation is 1. The Kier molecular flexibility index (Phi) is 4.29. The molecule has 0 aliphatic heterocycles. The molecule has 0 heterocycles. The highest BCUT2D eigenvalue weighted by Crippen LogP contribution is 2.30. The molecule has 1 aliphatic carbocycles. The smallest absolute Gasteiger partial charge is 0.261 e. The minimum atomic E-state index is -0.587. The Bertz CT molecular complexity index is 747. The Hall–Kier alpha value is -2.80. The molecule has 1 amide bonds. The van der Waals surface area contributed by atoms with Gasteiger partial charge in [-0.05, 0) is 55.2 Å². The third-order valence-electron chi connectivity index (χ3n) is 4.11. The molecule has 4 nitrogen and oxygen atoms in total. The lowest BCUT2D eigenvalue weighted by Crippen LogP contribution is -2.38. The van der Waals surface area contributed by atoms with Crippen LogP contribution in [-0.2, 0) is 11.2 Å². The van der Waals surface area contributed by atoms with E-state index in [0.717, 1.165) is 12.8 Å². The molecule has 1 aliphatic rings. The lowest BCUT2D eigenvalue weighted by atomic mass is 10.1. The van der Waals surface area contributed by atoms with Gasteiger partial charge in [0, 0.05) is 0 Å². The predicted octanol–water partition coefficient (Wildman–Crippen LogP) is 3.13. The van der Waals surface area contributed by atoms with E-state index in [-0.39, 0.29) is 11.9 Å². The molecular formula is C19H18N2O2. The summed E-state index contributed by atoms with van der Waals surface area (Å²) in [6.07, 6.45) is 1.33. The summed E-state index contributed by atoms with van der Waals surface area (Å²) in [6.45, 7) is 1.73. The number of hydrogen-bond donors (Lipinski definition) is 1. The second kappa shape index (κ2) is 6.53. The number of carbonyl (C=O) groups is 1. The van der Waals surface area contributed by atoms with Gasteiger partial charge in [0.2, 0.25) is 0 Å². The van der Waals surface area contributed by atoms with E-state index in [9.17, 15) is 4.79 Å². The molecule has 0 radical (unpaired) electrons. The third kappa shape index (κ3) is 3.35. The fourth-order valence-electron chi connectivity index (χ4n) is 2.86. The molecular weight excluding hydrogens is 288 g/mol. The van der Waals surface area contributed by atoms with Gasteiger partial charge in [-0.25, -0.2) is 0 Å². The first-order valence-electron chi connectivity index (χ1n) is 7.72. The molecule has 2 atom stereocenters. The van der Waals surface area contributed by atoms with Crippen molar-refractivity contribution in [2.45, 2.75) is 31.9 Å². The Balaban J connectivity index is 1.61. The SMILES string of the molecule is C[C@H](Oc1ccc(C#N)cc1)C(=O)N[C@@H]1CCc2ccccc21. The second-order valence-electron chi connectivity index (χ2n) is 5.69. The molecule has 2 aromatic carbocycles. The number of amides is 1. The van der Waals surface area contributed by atoms with Gasteiger partial charge in [0.05, 0.1) is 17.7 Å². The minimum absolute atomic E-state index is 0.0608. The highest BCUT2D eigenvalue weighted by molar-refractivity contribution is 5.81. The van der Waals surface area contributed by atoms with Crippen LogP contribution < -0.4 is 10.1 Å². The van der Waals surface area contributed by atoms with E-state index in [1.807, 2.05) is 12.1 Å². The molecule has 23 heavy (non-hydrogen) atoms. The Morgan fingerprint density at radius 2 is 2.00 bits per heavy atom. The lowest BCUT2D eigenvalue weighted by Gasteiger charge is -2.19. The van der Waals surface area contributed by atoms with Crippen molar-refractivity contribution in [1.29, 1.82) is 5.26 Å². The van der Waals surface area contributed by atoms with Crippen molar-refractivity contribution in [2.75, 3.05) is 0 Å². The van der Waals surface area contributed by atoms with Crippen molar-refractivity contribution in [3.05, 3.63) is 65.2 Å². The summed E-state index contributed by atoms with van der Waals surface area (Å²) >= 11 is 0. The monoisotopic (exact) mass is 306 g/mol. The molecule has 116 valence electrons. The summed E-state index contributed by atoms with van der Waals surface area (Å²) in [5, 5.41) is 11.8. The molecule has 4 heteroatoms. The molecule has 0 aromatic heterocycles. The molecule has 1 N–H and O–H groups in total. The van der Waals surface area contributed by atoms with Crippen molar-refractivity contribution < 1.29 is 9.53 Å². The number of benzene rings is 2. The van der Waals surface area contributed by atoms with Crippen molar-refractivity contribution in [1.82, 2.24) is 5.32 Å². The molecule has 0 unspecified atom stereocenters. The number of nitriles is 1. The maximum atomic E-state index is 12.3. The number of fused-ring (bicyclic) bond motifs is 1. The fraction of sp³-hybridized carbons (Fsp3) is 0.263. The summed E-state index contributed by atoms with van der Waals surface area (Å²) < 4.78 is 5.65. The van der Waals surface area contributed by atoms with E-state index in [1.165, 1.54) is 11.1 Å². The van der Waals surface area contributed by atoms with Gasteiger partial charge < -0.3 is 10.1 Å². The van der Waals surface area contributed by atoms with Crippen LogP contribution in [0.4, 0.5) is 0 Å². The normalized spacial score (nSPS) is 17.0.